The Balaban J connectivity index is 1.50. The molecule has 1 saturated heterocycles. The van der Waals surface area contributed by atoms with Crippen LogP contribution in [0, 0.1) is 0 Å². The number of carbonyl (C=O) groups is 1. The zero-order valence-electron chi connectivity index (χ0n) is 15.5. The number of hydrogen-bond donors (Lipinski definition) is 2. The molecule has 2 N–H and O–H groups in total. The Labute approximate surface area is 167 Å². The van der Waals surface area contributed by atoms with Gasteiger partial charge >= 0.3 is 0 Å². The lowest BCUT2D eigenvalue weighted by atomic mass is 9.99. The monoisotopic (exact) mass is 396 g/mol. The number of H-pyrrole nitrogens is 1. The number of halogens is 1. The Hall–Kier alpha value is -2.57. The van der Waals surface area contributed by atoms with E-state index >= 15 is 0 Å². The van der Waals surface area contributed by atoms with Gasteiger partial charge in [-0.05, 0) is 36.8 Å². The van der Waals surface area contributed by atoms with Crippen LogP contribution in [0.5, 0.6) is 5.75 Å². The lowest BCUT2D eigenvalue weighted by Crippen LogP contribution is -2.54. The molecular weight excluding hydrogens is 376 g/mol. The Morgan fingerprint density at radius 3 is 3.07 bits per heavy atom. The predicted molar refractivity (Wildman–Crippen MR) is 109 cm³/mol. The van der Waals surface area contributed by atoms with Crippen molar-refractivity contribution in [2.45, 2.75) is 25.5 Å². The maximum Gasteiger partial charge on any atom is 0.264 e. The summed E-state index contributed by atoms with van der Waals surface area (Å²) in [7, 11) is 0. The van der Waals surface area contributed by atoms with Gasteiger partial charge in [0.2, 0.25) is 0 Å². The molecule has 1 amide bonds. The number of pyridine rings is 1. The molecule has 4 heterocycles. The number of aromatic amines is 1. The van der Waals surface area contributed by atoms with E-state index in [9.17, 15) is 4.79 Å². The third kappa shape index (κ3) is 2.93. The molecule has 2 aromatic heterocycles. The largest absolute Gasteiger partial charge is 0.479 e. The van der Waals surface area contributed by atoms with Crippen LogP contribution in [0.15, 0.2) is 36.7 Å². The van der Waals surface area contributed by atoms with Crippen LogP contribution in [0.25, 0.3) is 22.2 Å². The third-order valence-electron chi connectivity index (χ3n) is 5.50. The summed E-state index contributed by atoms with van der Waals surface area (Å²) in [6.45, 7) is 4.32. The van der Waals surface area contributed by atoms with E-state index < -0.39 is 6.10 Å². The molecule has 3 aromatic rings. The third-order valence-corrected chi connectivity index (χ3v) is 5.72. The maximum absolute atomic E-state index is 13.0. The lowest BCUT2D eigenvalue weighted by Gasteiger charge is -2.33. The van der Waals surface area contributed by atoms with E-state index in [1.54, 1.807) is 6.20 Å². The second-order valence-electron chi connectivity index (χ2n) is 7.49. The highest BCUT2D eigenvalue weighted by atomic mass is 35.5. The van der Waals surface area contributed by atoms with Crippen molar-refractivity contribution in [2.24, 2.45) is 0 Å². The van der Waals surface area contributed by atoms with Gasteiger partial charge in [0.1, 0.15) is 11.4 Å². The average Bonchev–Trinajstić information content (AvgIpc) is 3.33. The summed E-state index contributed by atoms with van der Waals surface area (Å²) in [5, 5.41) is 5.01. The van der Waals surface area contributed by atoms with E-state index in [2.05, 4.69) is 22.2 Å². The molecule has 2 aliphatic rings. The van der Waals surface area contributed by atoms with Crippen LogP contribution >= 0.6 is 11.6 Å². The Bertz CT molecular complexity index is 1060. The van der Waals surface area contributed by atoms with E-state index in [-0.39, 0.29) is 5.91 Å². The first-order valence-corrected chi connectivity index (χ1v) is 9.91. The van der Waals surface area contributed by atoms with Crippen LogP contribution < -0.4 is 10.1 Å². The van der Waals surface area contributed by atoms with Gasteiger partial charge in [0.15, 0.2) is 6.10 Å². The minimum absolute atomic E-state index is 0.0492. The normalized spacial score (nSPS) is 21.6. The van der Waals surface area contributed by atoms with Crippen molar-refractivity contribution in [3.05, 3.63) is 47.2 Å². The summed E-state index contributed by atoms with van der Waals surface area (Å²) in [5.74, 6) is 0.799. The first-order valence-electron chi connectivity index (χ1n) is 9.54. The van der Waals surface area contributed by atoms with Gasteiger partial charge in [0, 0.05) is 66.0 Å². The topological polar surface area (TPSA) is 70.2 Å². The number of fused-ring (bicyclic) bond motifs is 2. The summed E-state index contributed by atoms with van der Waals surface area (Å²) in [4.78, 5) is 22.4. The number of nitrogens with zero attached hydrogens (tertiary/aromatic N) is 2. The van der Waals surface area contributed by atoms with Crippen molar-refractivity contribution in [3.63, 3.8) is 0 Å². The summed E-state index contributed by atoms with van der Waals surface area (Å²) in [5.41, 5.74) is 3.68. The number of rotatable bonds is 2. The molecule has 2 atom stereocenters. The highest BCUT2D eigenvalue weighted by Gasteiger charge is 2.35. The van der Waals surface area contributed by atoms with Gasteiger partial charge in [-0.2, -0.15) is 0 Å². The van der Waals surface area contributed by atoms with Crippen LogP contribution in [-0.2, 0) is 11.2 Å². The molecule has 6 nitrogen and oxygen atoms in total. The molecule has 1 aromatic carbocycles. The zero-order valence-corrected chi connectivity index (χ0v) is 16.3. The number of amides is 1. The van der Waals surface area contributed by atoms with Gasteiger partial charge < -0.3 is 19.9 Å². The lowest BCUT2D eigenvalue weighted by molar-refractivity contribution is -0.139. The van der Waals surface area contributed by atoms with Crippen molar-refractivity contribution >= 4 is 28.5 Å². The second-order valence-corrected chi connectivity index (χ2v) is 7.93. The molecule has 0 radical (unpaired) electrons. The standard InChI is InChI=1S/C21H21ClN4O2/c1-12-11-26(7-6-23-12)21(27)18-9-13-8-14(22)10-17(19(13)28-18)15-2-4-24-20-16(15)3-5-25-20/h2-5,8,10,12,18,23H,6-7,9,11H2,1H3,(H,24,25)/t12-,18?/m0/s1. The maximum atomic E-state index is 13.0. The van der Waals surface area contributed by atoms with Gasteiger partial charge in [0.25, 0.3) is 5.91 Å². The van der Waals surface area contributed by atoms with Crippen molar-refractivity contribution in [1.29, 1.82) is 0 Å². The van der Waals surface area contributed by atoms with Crippen molar-refractivity contribution < 1.29 is 9.53 Å². The average molecular weight is 397 g/mol. The number of benzene rings is 1. The van der Waals surface area contributed by atoms with E-state index in [4.69, 9.17) is 16.3 Å². The van der Waals surface area contributed by atoms with Gasteiger partial charge in [-0.25, -0.2) is 4.98 Å². The zero-order chi connectivity index (χ0) is 19.3. The number of carbonyl (C=O) groups excluding carboxylic acids is 1. The fourth-order valence-electron chi connectivity index (χ4n) is 4.19. The molecule has 0 bridgehead atoms. The van der Waals surface area contributed by atoms with Gasteiger partial charge in [-0.3, -0.25) is 4.79 Å². The number of ether oxygens (including phenoxy) is 1. The molecule has 1 fully saturated rings. The minimum Gasteiger partial charge on any atom is -0.479 e. The number of nitrogens with one attached hydrogen (secondary N) is 2. The van der Waals surface area contributed by atoms with E-state index in [0.29, 0.717) is 30.6 Å². The highest BCUT2D eigenvalue weighted by Crippen LogP contribution is 2.43. The first kappa shape index (κ1) is 17.5. The van der Waals surface area contributed by atoms with Crippen LogP contribution in [-0.4, -0.2) is 52.6 Å². The van der Waals surface area contributed by atoms with Gasteiger partial charge in [0.05, 0.1) is 0 Å². The molecular formula is C21H21ClN4O2. The van der Waals surface area contributed by atoms with Gasteiger partial charge in [-0.1, -0.05) is 11.6 Å². The molecule has 28 heavy (non-hydrogen) atoms. The summed E-state index contributed by atoms with van der Waals surface area (Å²) in [6, 6.07) is 8.06. The fraction of sp³-hybridized carbons (Fsp3) is 0.333. The van der Waals surface area contributed by atoms with Crippen LogP contribution in [0.2, 0.25) is 5.02 Å². The molecule has 7 heteroatoms. The Kier molecular flexibility index (Phi) is 4.25. The van der Waals surface area contributed by atoms with Crippen molar-refractivity contribution in [1.82, 2.24) is 20.2 Å². The first-order chi connectivity index (χ1) is 13.6. The number of piperazine rings is 1. The molecule has 0 spiro atoms. The van der Waals surface area contributed by atoms with Gasteiger partial charge in [-0.15, -0.1) is 0 Å². The number of hydrogen-bond acceptors (Lipinski definition) is 4. The Morgan fingerprint density at radius 1 is 1.32 bits per heavy atom. The molecule has 0 saturated carbocycles. The minimum atomic E-state index is -0.499. The van der Waals surface area contributed by atoms with Crippen LogP contribution in [0.1, 0.15) is 12.5 Å². The highest BCUT2D eigenvalue weighted by molar-refractivity contribution is 6.31. The molecule has 0 aliphatic carbocycles. The van der Waals surface area contributed by atoms with E-state index in [1.807, 2.05) is 35.4 Å². The molecule has 1 unspecified atom stereocenters. The van der Waals surface area contributed by atoms with Crippen LogP contribution in [0.3, 0.4) is 0 Å². The fourth-order valence-corrected chi connectivity index (χ4v) is 4.44. The van der Waals surface area contributed by atoms with Crippen molar-refractivity contribution in [3.8, 4) is 16.9 Å². The van der Waals surface area contributed by atoms with E-state index in [1.165, 1.54) is 0 Å². The van der Waals surface area contributed by atoms with Crippen LogP contribution in [0.4, 0.5) is 0 Å². The summed E-state index contributed by atoms with van der Waals surface area (Å²) >= 11 is 6.42. The number of aromatic nitrogens is 2. The quantitative estimate of drug-likeness (QED) is 0.698. The molecule has 2 aliphatic heterocycles. The van der Waals surface area contributed by atoms with Crippen molar-refractivity contribution in [2.75, 3.05) is 19.6 Å². The van der Waals surface area contributed by atoms with E-state index in [0.717, 1.165) is 40.0 Å². The molecule has 144 valence electrons. The Morgan fingerprint density at radius 2 is 2.21 bits per heavy atom. The predicted octanol–water partition coefficient (Wildman–Crippen LogP) is 3.01. The summed E-state index contributed by atoms with van der Waals surface area (Å²) < 4.78 is 6.22. The summed E-state index contributed by atoms with van der Waals surface area (Å²) in [6.07, 6.45) is 3.67. The molecule has 5 rings (SSSR count). The second kappa shape index (κ2) is 6.79. The smallest absolute Gasteiger partial charge is 0.264 e. The SMILES string of the molecule is C[C@H]1CN(C(=O)C2Cc3cc(Cl)cc(-c4ccnc5[nH]ccc45)c3O2)CCN1.